The van der Waals surface area contributed by atoms with Crippen LogP contribution in [-0.4, -0.2) is 36.7 Å². The Kier molecular flexibility index (Phi) is 8.68. The van der Waals surface area contributed by atoms with E-state index < -0.39 is 0 Å². The van der Waals surface area contributed by atoms with E-state index in [9.17, 15) is 0 Å². The van der Waals surface area contributed by atoms with Gasteiger partial charge < -0.3 is 15.4 Å². The molecule has 0 spiro atoms. The summed E-state index contributed by atoms with van der Waals surface area (Å²) in [6.07, 6.45) is 12.0. The second-order valence-corrected chi connectivity index (χ2v) is 10.2. The molecule has 2 N–H and O–H groups in total. The lowest BCUT2D eigenvalue weighted by atomic mass is 9.83. The van der Waals surface area contributed by atoms with Gasteiger partial charge in [0.05, 0.1) is 6.10 Å². The van der Waals surface area contributed by atoms with Crippen LogP contribution in [0.15, 0.2) is 22.7 Å². The Morgan fingerprint density at radius 1 is 1.07 bits per heavy atom. The first-order valence-corrected chi connectivity index (χ1v) is 12.2. The third-order valence-electron chi connectivity index (χ3n) is 6.58. The molecule has 3 rings (SSSR count). The predicted molar refractivity (Wildman–Crippen MR) is 122 cm³/mol. The maximum absolute atomic E-state index is 6.03. The van der Waals surface area contributed by atoms with Gasteiger partial charge in [0.15, 0.2) is 0 Å². The van der Waals surface area contributed by atoms with Crippen LogP contribution < -0.4 is 10.5 Å². The van der Waals surface area contributed by atoms with Crippen LogP contribution in [0.2, 0.25) is 0 Å². The molecular weight excluding hydrogens is 412 g/mol. The van der Waals surface area contributed by atoms with E-state index in [1.807, 2.05) is 0 Å². The number of halogens is 1. The minimum Gasteiger partial charge on any atom is -0.491 e. The van der Waals surface area contributed by atoms with E-state index in [-0.39, 0.29) is 6.10 Å². The zero-order valence-corrected chi connectivity index (χ0v) is 19.4. The predicted octanol–water partition coefficient (Wildman–Crippen LogP) is 5.79. The molecule has 4 heteroatoms. The van der Waals surface area contributed by atoms with Crippen molar-refractivity contribution in [1.29, 1.82) is 0 Å². The molecule has 0 radical (unpaired) electrons. The minimum atomic E-state index is 0.225. The number of nitrogens with zero attached hydrogens (tertiary/aromatic N) is 1. The van der Waals surface area contributed by atoms with Crippen molar-refractivity contribution < 1.29 is 4.74 Å². The number of rotatable bonds is 8. The van der Waals surface area contributed by atoms with E-state index in [1.165, 1.54) is 81.0 Å². The number of nitrogens with two attached hydrogens (primary N) is 1. The molecule has 2 fully saturated rings. The summed E-state index contributed by atoms with van der Waals surface area (Å²) in [5, 5.41) is 0. The van der Waals surface area contributed by atoms with Gasteiger partial charge in [-0.3, -0.25) is 0 Å². The molecule has 0 unspecified atom stereocenters. The van der Waals surface area contributed by atoms with Crippen LogP contribution in [0.4, 0.5) is 0 Å². The first-order valence-electron chi connectivity index (χ1n) is 11.4. The summed E-state index contributed by atoms with van der Waals surface area (Å²) in [4.78, 5) is 2.69. The van der Waals surface area contributed by atoms with Gasteiger partial charge in [-0.15, -0.1) is 0 Å². The summed E-state index contributed by atoms with van der Waals surface area (Å²) < 4.78 is 7.10. The molecular formula is C24H39BrN2O. The van der Waals surface area contributed by atoms with Gasteiger partial charge in [-0.2, -0.15) is 0 Å². The third kappa shape index (κ3) is 7.03. The van der Waals surface area contributed by atoms with Crippen molar-refractivity contribution in [3.05, 3.63) is 28.2 Å². The van der Waals surface area contributed by atoms with Crippen molar-refractivity contribution in [3.8, 4) is 5.75 Å². The Labute approximate surface area is 180 Å². The largest absolute Gasteiger partial charge is 0.491 e. The summed E-state index contributed by atoms with van der Waals surface area (Å²) in [6.45, 7) is 7.98. The quantitative estimate of drug-likeness (QED) is 0.544. The highest BCUT2D eigenvalue weighted by molar-refractivity contribution is 9.10. The van der Waals surface area contributed by atoms with E-state index >= 15 is 0 Å². The Balaban J connectivity index is 1.37. The van der Waals surface area contributed by atoms with Crippen LogP contribution >= 0.6 is 15.9 Å². The van der Waals surface area contributed by atoms with Crippen molar-refractivity contribution in [1.82, 2.24) is 4.90 Å². The summed E-state index contributed by atoms with van der Waals surface area (Å²) in [5.74, 6) is 2.73. The van der Waals surface area contributed by atoms with Crippen LogP contribution in [0.3, 0.4) is 0 Å². The number of likely N-dealkylation sites (tertiary alicyclic amines) is 1. The van der Waals surface area contributed by atoms with Gasteiger partial charge in [-0.1, -0.05) is 15.9 Å². The second kappa shape index (κ2) is 11.0. The molecule has 1 heterocycles. The fourth-order valence-corrected chi connectivity index (χ4v) is 5.27. The first-order chi connectivity index (χ1) is 13.5. The van der Waals surface area contributed by atoms with E-state index in [0.29, 0.717) is 6.04 Å². The molecule has 0 atom stereocenters. The van der Waals surface area contributed by atoms with Crippen LogP contribution in [0.5, 0.6) is 5.75 Å². The Morgan fingerprint density at radius 3 is 2.46 bits per heavy atom. The molecule has 1 saturated carbocycles. The van der Waals surface area contributed by atoms with Crippen molar-refractivity contribution >= 4 is 15.9 Å². The molecule has 158 valence electrons. The molecule has 3 nitrogen and oxygen atoms in total. The summed E-state index contributed by atoms with van der Waals surface area (Å²) >= 11 is 3.74. The maximum Gasteiger partial charge on any atom is 0.120 e. The summed E-state index contributed by atoms with van der Waals surface area (Å²) in [7, 11) is 0. The van der Waals surface area contributed by atoms with Gasteiger partial charge in [-0.25, -0.2) is 0 Å². The summed E-state index contributed by atoms with van der Waals surface area (Å²) in [6, 6.07) is 6.91. The normalized spacial score (nSPS) is 24.6. The average Bonchev–Trinajstić information content (AvgIpc) is 2.67. The lowest BCUT2D eigenvalue weighted by Gasteiger charge is -2.33. The van der Waals surface area contributed by atoms with Gasteiger partial charge in [0.25, 0.3) is 0 Å². The average molecular weight is 451 g/mol. The topological polar surface area (TPSA) is 38.5 Å². The lowest BCUT2D eigenvalue weighted by molar-refractivity contribution is 0.175. The molecule has 1 aromatic carbocycles. The zero-order valence-electron chi connectivity index (χ0n) is 17.8. The molecule has 1 aliphatic carbocycles. The smallest absolute Gasteiger partial charge is 0.120 e. The highest BCUT2D eigenvalue weighted by Crippen LogP contribution is 2.30. The SMILES string of the molecule is CC(C)Oc1ccc(Br)c(CC2CCN(CCCC3CCC(N)CC3)CC2)c1. The van der Waals surface area contributed by atoms with Gasteiger partial charge in [0, 0.05) is 10.5 Å². The summed E-state index contributed by atoms with van der Waals surface area (Å²) in [5.41, 5.74) is 7.43. The standard InChI is InChI=1S/C24H39BrN2O/c1-18(2)28-23-9-10-24(25)21(17-23)16-20-11-14-27(15-12-20)13-3-4-19-5-7-22(26)8-6-19/h9-10,17-20,22H,3-8,11-16,26H2,1-2H3. The maximum atomic E-state index is 6.03. The third-order valence-corrected chi connectivity index (χ3v) is 7.36. The Hall–Kier alpha value is -0.580. The van der Waals surface area contributed by atoms with E-state index in [1.54, 1.807) is 0 Å². The van der Waals surface area contributed by atoms with Gasteiger partial charge >= 0.3 is 0 Å². The number of ether oxygens (including phenoxy) is 1. The van der Waals surface area contributed by atoms with Crippen molar-refractivity contribution in [3.63, 3.8) is 0 Å². The number of hydrogen-bond acceptors (Lipinski definition) is 3. The lowest BCUT2D eigenvalue weighted by Crippen LogP contribution is -2.35. The fraction of sp³-hybridized carbons (Fsp3) is 0.750. The second-order valence-electron chi connectivity index (χ2n) is 9.33. The zero-order chi connectivity index (χ0) is 19.9. The van der Waals surface area contributed by atoms with Gasteiger partial charge in [0.1, 0.15) is 5.75 Å². The number of benzene rings is 1. The molecule has 0 amide bonds. The first kappa shape index (κ1) is 22.1. The van der Waals surface area contributed by atoms with E-state index in [2.05, 4.69) is 52.9 Å². The van der Waals surface area contributed by atoms with Crippen LogP contribution in [0, 0.1) is 11.8 Å². The number of hydrogen-bond donors (Lipinski definition) is 1. The Bertz CT molecular complexity index is 590. The molecule has 28 heavy (non-hydrogen) atoms. The van der Waals surface area contributed by atoms with Gasteiger partial charge in [0.2, 0.25) is 0 Å². The molecule has 1 aromatic rings. The molecule has 0 bridgehead atoms. The van der Waals surface area contributed by atoms with Crippen molar-refractivity contribution in [2.24, 2.45) is 17.6 Å². The molecule has 2 aliphatic rings. The van der Waals surface area contributed by atoms with Crippen LogP contribution in [0.25, 0.3) is 0 Å². The fourth-order valence-electron chi connectivity index (χ4n) is 4.86. The van der Waals surface area contributed by atoms with E-state index in [4.69, 9.17) is 10.5 Å². The highest BCUT2D eigenvalue weighted by atomic mass is 79.9. The van der Waals surface area contributed by atoms with Crippen LogP contribution in [-0.2, 0) is 6.42 Å². The van der Waals surface area contributed by atoms with Crippen molar-refractivity contribution in [2.75, 3.05) is 19.6 Å². The van der Waals surface area contributed by atoms with E-state index in [0.717, 1.165) is 24.0 Å². The number of piperidine rings is 1. The minimum absolute atomic E-state index is 0.225. The Morgan fingerprint density at radius 2 is 1.79 bits per heavy atom. The molecule has 0 aromatic heterocycles. The van der Waals surface area contributed by atoms with Crippen molar-refractivity contribution in [2.45, 2.75) is 83.8 Å². The molecule has 1 aliphatic heterocycles. The van der Waals surface area contributed by atoms with Crippen LogP contribution in [0.1, 0.15) is 70.8 Å². The van der Waals surface area contributed by atoms with Gasteiger partial charge in [-0.05, 0) is 127 Å². The highest BCUT2D eigenvalue weighted by Gasteiger charge is 2.22. The molecule has 1 saturated heterocycles. The monoisotopic (exact) mass is 450 g/mol.